The lowest BCUT2D eigenvalue weighted by Crippen LogP contribution is -1.98. The van der Waals surface area contributed by atoms with Crippen molar-refractivity contribution in [3.05, 3.63) is 60.9 Å². The fourth-order valence-corrected chi connectivity index (χ4v) is 2.76. The van der Waals surface area contributed by atoms with Crippen LogP contribution in [0.3, 0.4) is 0 Å². The second kappa shape index (κ2) is 6.24. The molecule has 0 aliphatic carbocycles. The predicted molar refractivity (Wildman–Crippen MR) is 97.4 cm³/mol. The quantitative estimate of drug-likeness (QED) is 0.614. The van der Waals surface area contributed by atoms with Crippen LogP contribution in [0.2, 0.25) is 0 Å². The number of nitrogens with two attached hydrogens (primary N) is 1. The summed E-state index contributed by atoms with van der Waals surface area (Å²) in [5, 5.41) is 5.42. The molecule has 0 atom stereocenters. The van der Waals surface area contributed by atoms with Gasteiger partial charge in [0.2, 0.25) is 0 Å². The molecule has 0 saturated heterocycles. The highest BCUT2D eigenvalue weighted by atomic mass is 16.5. The zero-order chi connectivity index (χ0) is 17.2. The molecule has 124 valence electrons. The Labute approximate surface area is 144 Å². The fourth-order valence-electron chi connectivity index (χ4n) is 2.76. The zero-order valence-electron chi connectivity index (χ0n) is 13.8. The first-order valence-corrected chi connectivity index (χ1v) is 8.06. The highest BCUT2D eigenvalue weighted by Crippen LogP contribution is 2.31. The van der Waals surface area contributed by atoms with Crippen LogP contribution in [0.15, 0.2) is 60.9 Å². The van der Waals surface area contributed by atoms with E-state index >= 15 is 0 Å². The van der Waals surface area contributed by atoms with E-state index < -0.39 is 0 Å². The number of nitrogens with zero attached hydrogens (tertiary/aromatic N) is 4. The lowest BCUT2D eigenvalue weighted by Gasteiger charge is -2.06. The summed E-state index contributed by atoms with van der Waals surface area (Å²) in [5.74, 6) is 2.00. The highest BCUT2D eigenvalue weighted by molar-refractivity contribution is 5.98. The van der Waals surface area contributed by atoms with Gasteiger partial charge < -0.3 is 10.5 Å². The van der Waals surface area contributed by atoms with E-state index in [9.17, 15) is 0 Å². The summed E-state index contributed by atoms with van der Waals surface area (Å²) in [4.78, 5) is 8.42. The number of anilines is 1. The molecule has 0 fully saturated rings. The fraction of sp³-hybridized carbons (Fsp3) is 0.105. The van der Waals surface area contributed by atoms with Crippen molar-refractivity contribution in [2.24, 2.45) is 0 Å². The predicted octanol–water partition coefficient (Wildman–Crippen LogP) is 3.89. The van der Waals surface area contributed by atoms with Gasteiger partial charge in [-0.25, -0.2) is 14.6 Å². The summed E-state index contributed by atoms with van der Waals surface area (Å²) in [6.07, 6.45) is 1.46. The number of aryl methyl sites for hydroxylation is 1. The molecule has 2 aromatic heterocycles. The molecule has 4 aromatic rings. The molecule has 2 aromatic carbocycles. The third-order valence-electron chi connectivity index (χ3n) is 3.96. The highest BCUT2D eigenvalue weighted by Gasteiger charge is 2.16. The Hall–Kier alpha value is -3.41. The lowest BCUT2D eigenvalue weighted by molar-refractivity contribution is 0.483. The molecule has 0 bridgehead atoms. The monoisotopic (exact) mass is 331 g/mol. The Morgan fingerprint density at radius 3 is 2.40 bits per heavy atom. The number of rotatable bonds is 4. The van der Waals surface area contributed by atoms with Crippen LogP contribution in [-0.2, 0) is 6.54 Å². The summed E-state index contributed by atoms with van der Waals surface area (Å²) >= 11 is 0. The first-order valence-electron chi connectivity index (χ1n) is 8.06. The van der Waals surface area contributed by atoms with Crippen molar-refractivity contribution in [1.29, 1.82) is 0 Å². The van der Waals surface area contributed by atoms with Crippen LogP contribution in [0, 0.1) is 0 Å². The molecule has 0 aliphatic heterocycles. The van der Waals surface area contributed by atoms with Crippen molar-refractivity contribution in [1.82, 2.24) is 19.7 Å². The van der Waals surface area contributed by atoms with Gasteiger partial charge in [0.1, 0.15) is 29.3 Å². The molecular weight excluding hydrogens is 314 g/mol. The Bertz CT molecular complexity index is 1010. The molecule has 0 spiro atoms. The lowest BCUT2D eigenvalue weighted by atomic mass is 10.1. The normalized spacial score (nSPS) is 10.9. The van der Waals surface area contributed by atoms with Crippen molar-refractivity contribution in [2.75, 3.05) is 5.73 Å². The third kappa shape index (κ3) is 2.78. The summed E-state index contributed by atoms with van der Waals surface area (Å²) < 4.78 is 7.66. The maximum atomic E-state index is 6.07. The van der Waals surface area contributed by atoms with E-state index in [1.165, 1.54) is 6.33 Å². The molecule has 4 rings (SSSR count). The van der Waals surface area contributed by atoms with E-state index in [4.69, 9.17) is 10.5 Å². The van der Waals surface area contributed by atoms with Gasteiger partial charge in [-0.1, -0.05) is 18.2 Å². The van der Waals surface area contributed by atoms with Gasteiger partial charge in [0.05, 0.1) is 5.39 Å². The molecular formula is C19H17N5O. The third-order valence-corrected chi connectivity index (χ3v) is 3.96. The minimum absolute atomic E-state index is 0.435. The van der Waals surface area contributed by atoms with Gasteiger partial charge in [-0.2, -0.15) is 5.10 Å². The number of nitrogen functional groups attached to an aromatic ring is 1. The molecule has 25 heavy (non-hydrogen) atoms. The van der Waals surface area contributed by atoms with Crippen molar-refractivity contribution in [2.45, 2.75) is 13.5 Å². The van der Waals surface area contributed by atoms with E-state index in [0.29, 0.717) is 12.4 Å². The van der Waals surface area contributed by atoms with Gasteiger partial charge in [0.15, 0.2) is 5.65 Å². The average molecular weight is 331 g/mol. The molecule has 2 heterocycles. The van der Waals surface area contributed by atoms with Gasteiger partial charge in [-0.3, -0.25) is 0 Å². The van der Waals surface area contributed by atoms with Crippen LogP contribution < -0.4 is 10.5 Å². The summed E-state index contributed by atoms with van der Waals surface area (Å²) in [6.45, 7) is 2.73. The maximum absolute atomic E-state index is 6.07. The number of aromatic nitrogens is 4. The van der Waals surface area contributed by atoms with E-state index in [-0.39, 0.29) is 0 Å². The molecule has 6 heteroatoms. The largest absolute Gasteiger partial charge is 0.457 e. The van der Waals surface area contributed by atoms with E-state index in [1.54, 1.807) is 0 Å². The van der Waals surface area contributed by atoms with Gasteiger partial charge >= 0.3 is 0 Å². The second-order valence-corrected chi connectivity index (χ2v) is 5.56. The summed E-state index contributed by atoms with van der Waals surface area (Å²) in [6, 6.07) is 17.4. The molecule has 0 amide bonds. The number of hydrogen-bond donors (Lipinski definition) is 1. The van der Waals surface area contributed by atoms with Crippen LogP contribution in [-0.4, -0.2) is 19.7 Å². The Morgan fingerprint density at radius 1 is 0.960 bits per heavy atom. The minimum atomic E-state index is 0.435. The van der Waals surface area contributed by atoms with Crippen LogP contribution >= 0.6 is 0 Å². The molecule has 0 unspecified atom stereocenters. The maximum Gasteiger partial charge on any atom is 0.163 e. The van der Waals surface area contributed by atoms with Gasteiger partial charge in [0, 0.05) is 12.1 Å². The second-order valence-electron chi connectivity index (χ2n) is 5.56. The number of benzene rings is 2. The average Bonchev–Trinajstić information content (AvgIpc) is 3.03. The zero-order valence-corrected chi connectivity index (χ0v) is 13.8. The van der Waals surface area contributed by atoms with Crippen LogP contribution in [0.1, 0.15) is 6.92 Å². The van der Waals surface area contributed by atoms with Crippen molar-refractivity contribution >= 4 is 16.9 Å². The van der Waals surface area contributed by atoms with Crippen LogP contribution in [0.25, 0.3) is 22.3 Å². The SMILES string of the molecule is CCn1nc(-c2ccc(Oc3ccccc3)cc2)c2c(N)ncnc21. The molecule has 2 N–H and O–H groups in total. The van der Waals surface area contributed by atoms with Gasteiger partial charge in [-0.15, -0.1) is 0 Å². The molecule has 6 nitrogen and oxygen atoms in total. The summed E-state index contributed by atoms with van der Waals surface area (Å²) in [5.41, 5.74) is 8.53. The van der Waals surface area contributed by atoms with Gasteiger partial charge in [0.25, 0.3) is 0 Å². The molecule has 0 aliphatic rings. The molecule has 0 saturated carbocycles. The number of fused-ring (bicyclic) bond motifs is 1. The van der Waals surface area contributed by atoms with E-state index in [1.807, 2.05) is 66.2 Å². The smallest absolute Gasteiger partial charge is 0.163 e. The number of ether oxygens (including phenoxy) is 1. The van der Waals surface area contributed by atoms with Crippen molar-refractivity contribution in [3.63, 3.8) is 0 Å². The number of para-hydroxylation sites is 1. The number of hydrogen-bond acceptors (Lipinski definition) is 5. The summed E-state index contributed by atoms with van der Waals surface area (Å²) in [7, 11) is 0. The van der Waals surface area contributed by atoms with Crippen molar-refractivity contribution < 1.29 is 4.74 Å². The molecule has 0 radical (unpaired) electrons. The minimum Gasteiger partial charge on any atom is -0.457 e. The van der Waals surface area contributed by atoms with Gasteiger partial charge in [-0.05, 0) is 43.3 Å². The topological polar surface area (TPSA) is 78.9 Å². The van der Waals surface area contributed by atoms with Crippen molar-refractivity contribution in [3.8, 4) is 22.8 Å². The van der Waals surface area contributed by atoms with E-state index in [2.05, 4.69) is 15.1 Å². The van der Waals surface area contributed by atoms with Crippen LogP contribution in [0.5, 0.6) is 11.5 Å². The Balaban J connectivity index is 1.72. The standard InChI is InChI=1S/C19H17N5O/c1-2-24-19-16(18(20)21-12-22-19)17(23-24)13-8-10-15(11-9-13)25-14-6-4-3-5-7-14/h3-12H,2H2,1H3,(H2,20,21,22). The first kappa shape index (κ1) is 15.1. The van der Waals surface area contributed by atoms with Crippen LogP contribution in [0.4, 0.5) is 5.82 Å². The Morgan fingerprint density at radius 2 is 1.68 bits per heavy atom. The first-order chi connectivity index (χ1) is 12.3. The Kier molecular flexibility index (Phi) is 3.78. The van der Waals surface area contributed by atoms with E-state index in [0.717, 1.165) is 33.8 Å².